The molecule has 1 heterocycles. The Labute approximate surface area is 109 Å². The maximum Gasteiger partial charge on any atom is 0.129 e. The quantitative estimate of drug-likeness (QED) is 0.878. The summed E-state index contributed by atoms with van der Waals surface area (Å²) in [6.07, 6.45) is 0. The van der Waals surface area contributed by atoms with Gasteiger partial charge in [-0.15, -0.1) is 0 Å². The first kappa shape index (κ1) is 12.7. The second-order valence-corrected chi connectivity index (χ2v) is 5.22. The summed E-state index contributed by atoms with van der Waals surface area (Å²) >= 11 is 0. The summed E-state index contributed by atoms with van der Waals surface area (Å²) in [5.41, 5.74) is 12.0. The van der Waals surface area contributed by atoms with Crippen LogP contribution >= 0.6 is 0 Å². The van der Waals surface area contributed by atoms with Crippen LogP contribution in [0, 0.1) is 13.8 Å². The van der Waals surface area contributed by atoms with Crippen molar-refractivity contribution in [2.24, 2.45) is 7.05 Å². The predicted octanol–water partition coefficient (Wildman–Crippen LogP) is 3.41. The van der Waals surface area contributed by atoms with Crippen molar-refractivity contribution in [2.45, 2.75) is 33.6 Å². The molecule has 0 saturated heterocycles. The average Bonchev–Trinajstić information content (AvgIpc) is 2.60. The van der Waals surface area contributed by atoms with Gasteiger partial charge in [0.05, 0.1) is 5.69 Å². The highest BCUT2D eigenvalue weighted by Crippen LogP contribution is 2.34. The molecule has 1 aromatic carbocycles. The minimum absolute atomic E-state index is 0.366. The van der Waals surface area contributed by atoms with E-state index in [0.717, 1.165) is 22.6 Å². The molecular formula is C15H21N3. The number of rotatable bonds is 2. The standard InChI is InChI=1S/C15H21N3/c1-9(2)14-13(15(16)18(5)17-14)12-7-6-10(3)11(4)8-12/h6-9H,16H2,1-5H3. The summed E-state index contributed by atoms with van der Waals surface area (Å²) < 4.78 is 1.76. The van der Waals surface area contributed by atoms with Crippen LogP contribution in [-0.4, -0.2) is 9.78 Å². The van der Waals surface area contributed by atoms with E-state index in [4.69, 9.17) is 5.73 Å². The van der Waals surface area contributed by atoms with E-state index in [-0.39, 0.29) is 0 Å². The highest BCUT2D eigenvalue weighted by Gasteiger charge is 2.18. The molecule has 0 saturated carbocycles. The van der Waals surface area contributed by atoms with Crippen LogP contribution in [0.15, 0.2) is 18.2 Å². The van der Waals surface area contributed by atoms with Crippen LogP contribution in [0.4, 0.5) is 5.82 Å². The molecule has 0 amide bonds. The Balaban J connectivity index is 2.65. The summed E-state index contributed by atoms with van der Waals surface area (Å²) in [5, 5.41) is 4.53. The summed E-state index contributed by atoms with van der Waals surface area (Å²) in [5.74, 6) is 1.10. The third kappa shape index (κ3) is 2.01. The summed E-state index contributed by atoms with van der Waals surface area (Å²) in [6, 6.07) is 6.46. The van der Waals surface area contributed by atoms with Crippen LogP contribution in [0.1, 0.15) is 36.6 Å². The van der Waals surface area contributed by atoms with Gasteiger partial charge in [0.25, 0.3) is 0 Å². The Morgan fingerprint density at radius 1 is 1.17 bits per heavy atom. The van der Waals surface area contributed by atoms with E-state index in [9.17, 15) is 0 Å². The van der Waals surface area contributed by atoms with Gasteiger partial charge in [-0.25, -0.2) is 0 Å². The van der Waals surface area contributed by atoms with E-state index in [2.05, 4.69) is 51.0 Å². The van der Waals surface area contributed by atoms with Gasteiger partial charge in [0.1, 0.15) is 5.82 Å². The lowest BCUT2D eigenvalue weighted by atomic mass is 9.96. The summed E-state index contributed by atoms with van der Waals surface area (Å²) in [4.78, 5) is 0. The third-order valence-electron chi connectivity index (χ3n) is 3.46. The fourth-order valence-electron chi connectivity index (χ4n) is 2.16. The number of benzene rings is 1. The third-order valence-corrected chi connectivity index (χ3v) is 3.46. The van der Waals surface area contributed by atoms with Crippen molar-refractivity contribution < 1.29 is 0 Å². The molecule has 0 aliphatic heterocycles. The highest BCUT2D eigenvalue weighted by molar-refractivity contribution is 5.77. The second kappa shape index (κ2) is 4.48. The number of aromatic nitrogens is 2. The fraction of sp³-hybridized carbons (Fsp3) is 0.400. The Morgan fingerprint density at radius 3 is 2.39 bits per heavy atom. The van der Waals surface area contributed by atoms with Crippen molar-refractivity contribution in [2.75, 3.05) is 5.73 Å². The molecule has 1 aromatic heterocycles. The minimum atomic E-state index is 0.366. The molecule has 0 aliphatic rings. The van der Waals surface area contributed by atoms with Crippen LogP contribution in [0.5, 0.6) is 0 Å². The predicted molar refractivity (Wildman–Crippen MR) is 76.6 cm³/mol. The molecule has 0 spiro atoms. The van der Waals surface area contributed by atoms with E-state index in [1.807, 2.05) is 7.05 Å². The normalized spacial score (nSPS) is 11.2. The van der Waals surface area contributed by atoms with Crippen molar-refractivity contribution in [1.29, 1.82) is 0 Å². The number of hydrogen-bond donors (Lipinski definition) is 1. The van der Waals surface area contributed by atoms with Crippen molar-refractivity contribution in [3.63, 3.8) is 0 Å². The van der Waals surface area contributed by atoms with Crippen molar-refractivity contribution in [3.8, 4) is 11.1 Å². The van der Waals surface area contributed by atoms with Crippen LogP contribution in [0.25, 0.3) is 11.1 Å². The van der Waals surface area contributed by atoms with Gasteiger partial charge < -0.3 is 5.73 Å². The van der Waals surface area contributed by atoms with Gasteiger partial charge in [0.15, 0.2) is 0 Å². The highest BCUT2D eigenvalue weighted by atomic mass is 15.3. The number of anilines is 1. The lowest BCUT2D eigenvalue weighted by Gasteiger charge is -2.08. The van der Waals surface area contributed by atoms with Gasteiger partial charge in [-0.1, -0.05) is 32.0 Å². The molecule has 0 unspecified atom stereocenters. The summed E-state index contributed by atoms with van der Waals surface area (Å²) in [6.45, 7) is 8.54. The number of nitrogens with two attached hydrogens (primary N) is 1. The number of nitrogens with zero attached hydrogens (tertiary/aromatic N) is 2. The zero-order valence-electron chi connectivity index (χ0n) is 11.8. The Morgan fingerprint density at radius 2 is 1.83 bits per heavy atom. The molecule has 3 nitrogen and oxygen atoms in total. The van der Waals surface area contributed by atoms with Crippen LogP contribution < -0.4 is 5.73 Å². The smallest absolute Gasteiger partial charge is 0.129 e. The van der Waals surface area contributed by atoms with Gasteiger partial charge in [0, 0.05) is 12.6 Å². The second-order valence-electron chi connectivity index (χ2n) is 5.22. The molecule has 0 fully saturated rings. The molecule has 0 bridgehead atoms. The molecule has 18 heavy (non-hydrogen) atoms. The molecule has 96 valence electrons. The van der Waals surface area contributed by atoms with Crippen molar-refractivity contribution in [3.05, 3.63) is 35.0 Å². The zero-order valence-corrected chi connectivity index (χ0v) is 11.8. The Hall–Kier alpha value is -1.77. The topological polar surface area (TPSA) is 43.8 Å². The molecule has 2 aromatic rings. The van der Waals surface area contributed by atoms with Gasteiger partial charge in [-0.2, -0.15) is 5.10 Å². The number of aryl methyl sites for hydroxylation is 3. The van der Waals surface area contributed by atoms with Gasteiger partial charge in [0.2, 0.25) is 0 Å². The summed E-state index contributed by atoms with van der Waals surface area (Å²) in [7, 11) is 1.89. The van der Waals surface area contributed by atoms with E-state index < -0.39 is 0 Å². The van der Waals surface area contributed by atoms with E-state index in [0.29, 0.717) is 5.92 Å². The fourth-order valence-corrected chi connectivity index (χ4v) is 2.16. The molecule has 3 heteroatoms. The van der Waals surface area contributed by atoms with Crippen LogP contribution in [0.2, 0.25) is 0 Å². The number of hydrogen-bond acceptors (Lipinski definition) is 2. The SMILES string of the molecule is Cc1ccc(-c2c(C(C)C)nn(C)c2N)cc1C. The maximum absolute atomic E-state index is 6.16. The van der Waals surface area contributed by atoms with Crippen molar-refractivity contribution >= 4 is 5.82 Å². The molecule has 0 atom stereocenters. The van der Waals surface area contributed by atoms with Crippen LogP contribution in [-0.2, 0) is 7.05 Å². The molecule has 0 radical (unpaired) electrons. The van der Waals surface area contributed by atoms with Gasteiger partial charge >= 0.3 is 0 Å². The first-order valence-electron chi connectivity index (χ1n) is 6.31. The minimum Gasteiger partial charge on any atom is -0.383 e. The van der Waals surface area contributed by atoms with E-state index in [1.54, 1.807) is 4.68 Å². The monoisotopic (exact) mass is 243 g/mol. The molecule has 2 N–H and O–H groups in total. The maximum atomic E-state index is 6.16. The largest absolute Gasteiger partial charge is 0.383 e. The molecular weight excluding hydrogens is 222 g/mol. The lowest BCUT2D eigenvalue weighted by molar-refractivity contribution is 0.719. The molecule has 2 rings (SSSR count). The molecule has 0 aliphatic carbocycles. The van der Waals surface area contributed by atoms with Gasteiger partial charge in [-0.3, -0.25) is 4.68 Å². The Bertz CT molecular complexity index is 580. The first-order chi connectivity index (χ1) is 8.41. The lowest BCUT2D eigenvalue weighted by Crippen LogP contribution is -1.98. The van der Waals surface area contributed by atoms with Crippen LogP contribution in [0.3, 0.4) is 0 Å². The van der Waals surface area contributed by atoms with E-state index in [1.165, 1.54) is 11.1 Å². The zero-order chi connectivity index (χ0) is 13.4. The number of nitrogen functional groups attached to an aromatic ring is 1. The average molecular weight is 243 g/mol. The van der Waals surface area contributed by atoms with E-state index >= 15 is 0 Å². The first-order valence-corrected chi connectivity index (χ1v) is 6.31. The van der Waals surface area contributed by atoms with Crippen molar-refractivity contribution in [1.82, 2.24) is 9.78 Å². The van der Waals surface area contributed by atoms with Gasteiger partial charge in [-0.05, 0) is 36.5 Å². The Kier molecular flexibility index (Phi) is 3.16.